The van der Waals surface area contributed by atoms with E-state index in [1.54, 1.807) is 12.1 Å². The summed E-state index contributed by atoms with van der Waals surface area (Å²) in [5.41, 5.74) is 8.88. The lowest BCUT2D eigenvalue weighted by molar-refractivity contribution is 0.141. The second-order valence-corrected chi connectivity index (χ2v) is 6.32. The molecule has 0 spiro atoms. The van der Waals surface area contributed by atoms with Gasteiger partial charge in [-0.2, -0.15) is 0 Å². The molecule has 134 valence electrons. The fourth-order valence-electron chi connectivity index (χ4n) is 3.12. The van der Waals surface area contributed by atoms with Gasteiger partial charge in [-0.1, -0.05) is 0 Å². The zero-order chi connectivity index (χ0) is 18.1. The molecule has 7 heteroatoms. The largest absolute Gasteiger partial charge is 0.486 e. The highest BCUT2D eigenvalue weighted by Crippen LogP contribution is 2.33. The Kier molecular flexibility index (Phi) is 4.30. The minimum absolute atomic E-state index is 0.0824. The summed E-state index contributed by atoms with van der Waals surface area (Å²) < 4.78 is 25.0. The van der Waals surface area contributed by atoms with Crippen LogP contribution in [0.1, 0.15) is 12.0 Å². The van der Waals surface area contributed by atoms with Gasteiger partial charge in [0.1, 0.15) is 29.8 Å². The van der Waals surface area contributed by atoms with E-state index < -0.39 is 0 Å². The van der Waals surface area contributed by atoms with Crippen LogP contribution in [-0.2, 0) is 4.74 Å². The van der Waals surface area contributed by atoms with E-state index in [2.05, 4.69) is 15.3 Å². The standard InChI is InChI=1S/C19H19FN4O2/c1-11-6-13(21)8-16-18(11)19(23-10-22-16)24-15-3-2-12(20)7-17(15)26-14-4-5-25-9-14/h2-3,6-8,10,14H,4-5,9,21H2,1H3,(H,22,23,24). The van der Waals surface area contributed by atoms with E-state index in [0.29, 0.717) is 36.2 Å². The fraction of sp³-hybridized carbons (Fsp3) is 0.263. The van der Waals surface area contributed by atoms with Gasteiger partial charge in [-0.15, -0.1) is 0 Å². The number of nitrogens with two attached hydrogens (primary N) is 1. The Morgan fingerprint density at radius 3 is 2.96 bits per heavy atom. The monoisotopic (exact) mass is 354 g/mol. The van der Waals surface area contributed by atoms with Crippen LogP contribution in [0.2, 0.25) is 0 Å². The molecule has 0 bridgehead atoms. The summed E-state index contributed by atoms with van der Waals surface area (Å²) >= 11 is 0. The quantitative estimate of drug-likeness (QED) is 0.697. The first-order valence-corrected chi connectivity index (χ1v) is 8.42. The number of anilines is 3. The van der Waals surface area contributed by atoms with E-state index in [1.165, 1.54) is 18.5 Å². The number of nitrogens with one attached hydrogen (secondary N) is 1. The van der Waals surface area contributed by atoms with Crippen molar-refractivity contribution in [1.82, 2.24) is 9.97 Å². The second kappa shape index (κ2) is 6.76. The van der Waals surface area contributed by atoms with Crippen LogP contribution in [0.5, 0.6) is 5.75 Å². The van der Waals surface area contributed by atoms with Gasteiger partial charge in [0, 0.05) is 23.6 Å². The molecule has 0 amide bonds. The van der Waals surface area contributed by atoms with Crippen LogP contribution < -0.4 is 15.8 Å². The highest BCUT2D eigenvalue weighted by atomic mass is 19.1. The summed E-state index contributed by atoms with van der Waals surface area (Å²) in [6, 6.07) is 8.06. The number of ether oxygens (including phenoxy) is 2. The summed E-state index contributed by atoms with van der Waals surface area (Å²) in [4.78, 5) is 8.64. The van der Waals surface area contributed by atoms with Crippen molar-refractivity contribution in [3.05, 3.63) is 48.0 Å². The molecule has 3 N–H and O–H groups in total. The van der Waals surface area contributed by atoms with Gasteiger partial charge in [-0.25, -0.2) is 14.4 Å². The molecule has 0 saturated carbocycles. The molecule has 1 aromatic heterocycles. The zero-order valence-electron chi connectivity index (χ0n) is 14.3. The number of aromatic nitrogens is 2. The van der Waals surface area contributed by atoms with Crippen LogP contribution in [0.25, 0.3) is 10.9 Å². The third-order valence-electron chi connectivity index (χ3n) is 4.34. The maximum absolute atomic E-state index is 13.7. The zero-order valence-corrected chi connectivity index (χ0v) is 14.3. The highest BCUT2D eigenvalue weighted by Gasteiger charge is 2.20. The van der Waals surface area contributed by atoms with Crippen molar-refractivity contribution in [3.8, 4) is 5.75 Å². The molecule has 4 rings (SSSR count). The average Bonchev–Trinajstić information content (AvgIpc) is 3.10. The molecule has 1 unspecified atom stereocenters. The van der Waals surface area contributed by atoms with E-state index >= 15 is 0 Å². The van der Waals surface area contributed by atoms with Gasteiger partial charge in [0.2, 0.25) is 0 Å². The van der Waals surface area contributed by atoms with Crippen molar-refractivity contribution in [3.63, 3.8) is 0 Å². The molecule has 1 fully saturated rings. The molecule has 0 radical (unpaired) electrons. The molecule has 1 aliphatic heterocycles. The number of hydrogen-bond acceptors (Lipinski definition) is 6. The third kappa shape index (κ3) is 3.25. The normalized spacial score (nSPS) is 16.8. The van der Waals surface area contributed by atoms with Gasteiger partial charge >= 0.3 is 0 Å². The van der Waals surface area contributed by atoms with E-state index in [1.807, 2.05) is 13.0 Å². The predicted octanol–water partition coefficient (Wildman–Crippen LogP) is 3.57. The number of halogens is 1. The Labute approximate surface area is 150 Å². The maximum Gasteiger partial charge on any atom is 0.146 e. The number of hydrogen-bond donors (Lipinski definition) is 2. The molecule has 2 heterocycles. The first-order valence-electron chi connectivity index (χ1n) is 8.42. The number of benzene rings is 2. The SMILES string of the molecule is Cc1cc(N)cc2ncnc(Nc3ccc(F)cc3OC3CCOC3)c12. The number of rotatable bonds is 4. The molecule has 1 saturated heterocycles. The van der Waals surface area contributed by atoms with E-state index in [9.17, 15) is 4.39 Å². The van der Waals surface area contributed by atoms with Crippen LogP contribution in [0.3, 0.4) is 0 Å². The summed E-state index contributed by atoms with van der Waals surface area (Å²) in [7, 11) is 0. The molecular weight excluding hydrogens is 335 g/mol. The summed E-state index contributed by atoms with van der Waals surface area (Å²) in [6.07, 6.45) is 2.17. The van der Waals surface area contributed by atoms with E-state index in [-0.39, 0.29) is 11.9 Å². The topological polar surface area (TPSA) is 82.3 Å². The number of nitrogen functional groups attached to an aromatic ring is 1. The summed E-state index contributed by atoms with van der Waals surface area (Å²) in [5.74, 6) is 0.688. The second-order valence-electron chi connectivity index (χ2n) is 6.32. The minimum atomic E-state index is -0.360. The smallest absolute Gasteiger partial charge is 0.146 e. The van der Waals surface area contributed by atoms with Crippen molar-refractivity contribution in [2.24, 2.45) is 0 Å². The van der Waals surface area contributed by atoms with Crippen LogP contribution in [0.4, 0.5) is 21.6 Å². The number of nitrogens with zero attached hydrogens (tertiary/aromatic N) is 2. The molecule has 2 aromatic carbocycles. The van der Waals surface area contributed by atoms with Crippen molar-refractivity contribution in [1.29, 1.82) is 0 Å². The van der Waals surface area contributed by atoms with E-state index in [0.717, 1.165) is 22.9 Å². The first-order chi connectivity index (χ1) is 12.6. The first kappa shape index (κ1) is 16.5. The van der Waals surface area contributed by atoms with Crippen LogP contribution in [0, 0.1) is 12.7 Å². The summed E-state index contributed by atoms with van der Waals surface area (Å²) in [5, 5.41) is 4.11. The maximum atomic E-state index is 13.7. The van der Waals surface area contributed by atoms with Crippen LogP contribution >= 0.6 is 0 Å². The van der Waals surface area contributed by atoms with Crippen LogP contribution in [-0.4, -0.2) is 29.3 Å². The average molecular weight is 354 g/mol. The van der Waals surface area contributed by atoms with Crippen molar-refractivity contribution in [2.75, 3.05) is 24.3 Å². The molecule has 1 aliphatic rings. The fourth-order valence-corrected chi connectivity index (χ4v) is 3.12. The lowest BCUT2D eigenvalue weighted by atomic mass is 10.1. The van der Waals surface area contributed by atoms with Gasteiger partial charge in [0.15, 0.2) is 0 Å². The Hall–Kier alpha value is -2.93. The van der Waals surface area contributed by atoms with Gasteiger partial charge in [0.25, 0.3) is 0 Å². The predicted molar refractivity (Wildman–Crippen MR) is 98.2 cm³/mol. The summed E-state index contributed by atoms with van der Waals surface area (Å²) in [6.45, 7) is 3.11. The lowest BCUT2D eigenvalue weighted by Crippen LogP contribution is -2.16. The number of aryl methyl sites for hydroxylation is 1. The molecule has 3 aromatic rings. The Bertz CT molecular complexity index is 958. The molecule has 0 aliphatic carbocycles. The Morgan fingerprint density at radius 1 is 1.27 bits per heavy atom. The Morgan fingerprint density at radius 2 is 2.15 bits per heavy atom. The van der Waals surface area contributed by atoms with Gasteiger partial charge in [-0.05, 0) is 36.8 Å². The minimum Gasteiger partial charge on any atom is -0.486 e. The van der Waals surface area contributed by atoms with Crippen LogP contribution in [0.15, 0.2) is 36.7 Å². The lowest BCUT2D eigenvalue weighted by Gasteiger charge is -2.17. The third-order valence-corrected chi connectivity index (χ3v) is 4.34. The van der Waals surface area contributed by atoms with Crippen molar-refractivity contribution < 1.29 is 13.9 Å². The van der Waals surface area contributed by atoms with Gasteiger partial charge in [-0.3, -0.25) is 0 Å². The van der Waals surface area contributed by atoms with Crippen molar-refractivity contribution in [2.45, 2.75) is 19.4 Å². The van der Waals surface area contributed by atoms with Gasteiger partial charge < -0.3 is 20.5 Å². The molecule has 26 heavy (non-hydrogen) atoms. The molecule has 1 atom stereocenters. The molecule has 6 nitrogen and oxygen atoms in total. The Balaban J connectivity index is 1.72. The van der Waals surface area contributed by atoms with E-state index in [4.69, 9.17) is 15.2 Å². The highest BCUT2D eigenvalue weighted by molar-refractivity contribution is 5.95. The van der Waals surface area contributed by atoms with Gasteiger partial charge in [0.05, 0.1) is 24.4 Å². The number of fused-ring (bicyclic) bond motifs is 1. The molecular formula is C19H19FN4O2. The van der Waals surface area contributed by atoms with Crippen molar-refractivity contribution >= 4 is 28.1 Å².